The lowest BCUT2D eigenvalue weighted by molar-refractivity contribution is -0.120. The van der Waals surface area contributed by atoms with Crippen LogP contribution in [-0.4, -0.2) is 68.1 Å². The predicted octanol–water partition coefficient (Wildman–Crippen LogP) is 1.82. The van der Waals surface area contributed by atoms with E-state index in [0.717, 1.165) is 12.2 Å². The summed E-state index contributed by atoms with van der Waals surface area (Å²) in [5.41, 5.74) is 1.59. The average molecular weight is 404 g/mol. The molecule has 2 rings (SSSR count). The van der Waals surface area contributed by atoms with Crippen LogP contribution in [0.4, 0.5) is 5.69 Å². The van der Waals surface area contributed by atoms with Gasteiger partial charge in [-0.15, -0.1) is 0 Å². The number of hydrogen-bond donors (Lipinski definition) is 4. The SMILES string of the molecule is CCN(C(=O)c1cccc(NCCNCC(=O)NCCNC2CCC2)c1)C(C)C. The summed E-state index contributed by atoms with van der Waals surface area (Å²) in [6.45, 7) is 9.88. The van der Waals surface area contributed by atoms with Gasteiger partial charge in [-0.05, 0) is 51.8 Å². The first kappa shape index (κ1) is 23.2. The third-order valence-electron chi connectivity index (χ3n) is 5.24. The molecule has 7 nitrogen and oxygen atoms in total. The van der Waals surface area contributed by atoms with Crippen LogP contribution in [0.3, 0.4) is 0 Å². The normalized spacial score (nSPS) is 13.8. The van der Waals surface area contributed by atoms with Crippen LogP contribution < -0.4 is 21.3 Å². The van der Waals surface area contributed by atoms with Crippen LogP contribution in [0.5, 0.6) is 0 Å². The predicted molar refractivity (Wildman–Crippen MR) is 118 cm³/mol. The molecular weight excluding hydrogens is 366 g/mol. The largest absolute Gasteiger partial charge is 0.384 e. The minimum absolute atomic E-state index is 0.0151. The third-order valence-corrected chi connectivity index (χ3v) is 5.24. The maximum atomic E-state index is 12.6. The minimum Gasteiger partial charge on any atom is -0.384 e. The maximum Gasteiger partial charge on any atom is 0.254 e. The Hall–Kier alpha value is -2.12. The molecule has 2 amide bonds. The molecular formula is C22H37N5O2. The van der Waals surface area contributed by atoms with Gasteiger partial charge in [0, 0.05) is 56.1 Å². The highest BCUT2D eigenvalue weighted by atomic mass is 16.2. The van der Waals surface area contributed by atoms with Crippen molar-refractivity contribution in [3.05, 3.63) is 29.8 Å². The molecule has 1 fully saturated rings. The van der Waals surface area contributed by atoms with Crippen molar-refractivity contribution >= 4 is 17.5 Å². The fraction of sp³-hybridized carbons (Fsp3) is 0.636. The summed E-state index contributed by atoms with van der Waals surface area (Å²) < 4.78 is 0. The van der Waals surface area contributed by atoms with Crippen LogP contribution >= 0.6 is 0 Å². The van der Waals surface area contributed by atoms with Gasteiger partial charge in [-0.25, -0.2) is 0 Å². The smallest absolute Gasteiger partial charge is 0.254 e. The van der Waals surface area contributed by atoms with Crippen LogP contribution in [0.25, 0.3) is 0 Å². The lowest BCUT2D eigenvalue weighted by atomic mass is 9.93. The number of amides is 2. The Morgan fingerprint density at radius 3 is 2.59 bits per heavy atom. The monoisotopic (exact) mass is 403 g/mol. The molecule has 0 atom stereocenters. The van der Waals surface area contributed by atoms with Gasteiger partial charge in [0.2, 0.25) is 5.91 Å². The zero-order valence-corrected chi connectivity index (χ0v) is 18.1. The highest BCUT2D eigenvalue weighted by Gasteiger charge is 2.17. The zero-order valence-electron chi connectivity index (χ0n) is 18.1. The number of hydrogen-bond acceptors (Lipinski definition) is 5. The first-order chi connectivity index (χ1) is 14.0. The summed E-state index contributed by atoms with van der Waals surface area (Å²) in [5.74, 6) is 0.0640. The summed E-state index contributed by atoms with van der Waals surface area (Å²) in [5, 5.41) is 12.8. The van der Waals surface area contributed by atoms with E-state index in [9.17, 15) is 9.59 Å². The minimum atomic E-state index is 0.0151. The van der Waals surface area contributed by atoms with Crippen molar-refractivity contribution < 1.29 is 9.59 Å². The van der Waals surface area contributed by atoms with Gasteiger partial charge in [-0.3, -0.25) is 9.59 Å². The molecule has 0 saturated heterocycles. The molecule has 0 aliphatic heterocycles. The number of rotatable bonds is 13. The van der Waals surface area contributed by atoms with E-state index in [0.29, 0.717) is 44.3 Å². The number of nitrogens with one attached hydrogen (secondary N) is 4. The summed E-state index contributed by atoms with van der Waals surface area (Å²) in [6.07, 6.45) is 3.83. The van der Waals surface area contributed by atoms with Crippen molar-refractivity contribution in [3.8, 4) is 0 Å². The van der Waals surface area contributed by atoms with Crippen molar-refractivity contribution in [1.82, 2.24) is 20.9 Å². The van der Waals surface area contributed by atoms with Gasteiger partial charge in [0.1, 0.15) is 0 Å². The quantitative estimate of drug-likeness (QED) is 0.378. The number of anilines is 1. The van der Waals surface area contributed by atoms with Gasteiger partial charge < -0.3 is 26.2 Å². The van der Waals surface area contributed by atoms with Gasteiger partial charge >= 0.3 is 0 Å². The number of carbonyl (C=O) groups excluding carboxylic acids is 2. The topological polar surface area (TPSA) is 85.5 Å². The molecule has 0 spiro atoms. The third kappa shape index (κ3) is 8.03. The first-order valence-corrected chi connectivity index (χ1v) is 10.9. The van der Waals surface area contributed by atoms with Crippen molar-refractivity contribution in [2.75, 3.05) is 44.6 Å². The second-order valence-electron chi connectivity index (χ2n) is 7.80. The second-order valence-corrected chi connectivity index (χ2v) is 7.80. The van der Waals surface area contributed by atoms with E-state index < -0.39 is 0 Å². The Labute approximate surface area is 175 Å². The molecule has 0 bridgehead atoms. The lowest BCUT2D eigenvalue weighted by Gasteiger charge is -2.26. The Morgan fingerprint density at radius 2 is 1.93 bits per heavy atom. The van der Waals surface area contributed by atoms with Gasteiger partial charge in [-0.1, -0.05) is 12.5 Å². The molecule has 4 N–H and O–H groups in total. The molecule has 0 aromatic heterocycles. The summed E-state index contributed by atoms with van der Waals surface area (Å²) in [4.78, 5) is 26.3. The van der Waals surface area contributed by atoms with E-state index in [1.54, 1.807) is 0 Å². The number of nitrogens with zero attached hydrogens (tertiary/aromatic N) is 1. The summed E-state index contributed by atoms with van der Waals surface area (Å²) in [6, 6.07) is 8.40. The van der Waals surface area contributed by atoms with Gasteiger partial charge in [0.05, 0.1) is 6.54 Å². The van der Waals surface area contributed by atoms with Gasteiger partial charge in [-0.2, -0.15) is 0 Å². The highest BCUT2D eigenvalue weighted by Crippen LogP contribution is 2.17. The maximum absolute atomic E-state index is 12.6. The summed E-state index contributed by atoms with van der Waals surface area (Å²) >= 11 is 0. The van der Waals surface area contributed by atoms with Crippen LogP contribution in [0, 0.1) is 0 Å². The Morgan fingerprint density at radius 1 is 1.14 bits per heavy atom. The number of carbonyl (C=O) groups is 2. The van der Waals surface area contributed by atoms with Gasteiger partial charge in [0.25, 0.3) is 5.91 Å². The highest BCUT2D eigenvalue weighted by molar-refractivity contribution is 5.95. The molecule has 1 saturated carbocycles. The molecule has 1 aliphatic rings. The van der Waals surface area contributed by atoms with Crippen LogP contribution in [0.1, 0.15) is 50.4 Å². The van der Waals surface area contributed by atoms with Crippen molar-refractivity contribution in [1.29, 1.82) is 0 Å². The van der Waals surface area contributed by atoms with Crippen molar-refractivity contribution in [2.45, 2.75) is 52.1 Å². The van der Waals surface area contributed by atoms with E-state index in [1.165, 1.54) is 19.3 Å². The molecule has 1 aliphatic carbocycles. The fourth-order valence-corrected chi connectivity index (χ4v) is 3.32. The van der Waals surface area contributed by atoms with E-state index in [4.69, 9.17) is 0 Å². The molecule has 1 aromatic carbocycles. The molecule has 29 heavy (non-hydrogen) atoms. The Kier molecular flexibility index (Phi) is 9.94. The Balaban J connectivity index is 1.61. The van der Waals surface area contributed by atoms with E-state index in [-0.39, 0.29) is 17.9 Å². The summed E-state index contributed by atoms with van der Waals surface area (Å²) in [7, 11) is 0. The van der Waals surface area contributed by atoms with Gasteiger partial charge in [0.15, 0.2) is 0 Å². The van der Waals surface area contributed by atoms with Crippen LogP contribution in [-0.2, 0) is 4.79 Å². The molecule has 1 aromatic rings. The van der Waals surface area contributed by atoms with Crippen LogP contribution in [0.2, 0.25) is 0 Å². The molecule has 0 unspecified atom stereocenters. The molecule has 0 radical (unpaired) electrons. The van der Waals surface area contributed by atoms with Crippen molar-refractivity contribution in [3.63, 3.8) is 0 Å². The molecule has 162 valence electrons. The second kappa shape index (κ2) is 12.4. The fourth-order valence-electron chi connectivity index (χ4n) is 3.32. The number of benzene rings is 1. The van der Waals surface area contributed by atoms with E-state index in [1.807, 2.05) is 49.9 Å². The lowest BCUT2D eigenvalue weighted by Crippen LogP contribution is -2.42. The Bertz CT molecular complexity index is 646. The molecule has 0 heterocycles. The standard InChI is InChI=1S/C22H37N5O2/c1-4-27(17(2)3)22(29)18-7-5-10-20(15-18)25-12-11-23-16-21(28)26-14-13-24-19-8-6-9-19/h5,7,10,15,17,19,23-25H,4,6,8-9,11-14,16H2,1-3H3,(H,26,28). The van der Waals surface area contributed by atoms with Crippen molar-refractivity contribution in [2.24, 2.45) is 0 Å². The first-order valence-electron chi connectivity index (χ1n) is 10.9. The van der Waals surface area contributed by atoms with Crippen LogP contribution in [0.15, 0.2) is 24.3 Å². The molecule has 7 heteroatoms. The van der Waals surface area contributed by atoms with E-state index >= 15 is 0 Å². The average Bonchev–Trinajstić information content (AvgIpc) is 2.66. The zero-order chi connectivity index (χ0) is 21.1. The van der Waals surface area contributed by atoms with E-state index in [2.05, 4.69) is 21.3 Å².